The molecular weight excluding hydrogens is 228 g/mol. The molecule has 0 N–H and O–H groups in total. The summed E-state index contributed by atoms with van der Waals surface area (Å²) in [6.07, 6.45) is 9.85. The summed E-state index contributed by atoms with van der Waals surface area (Å²) < 4.78 is 0. The van der Waals surface area contributed by atoms with Crippen LogP contribution in [0.2, 0.25) is 0 Å². The summed E-state index contributed by atoms with van der Waals surface area (Å²) in [4.78, 5) is 0. The smallest absolute Gasteiger partial charge is 0.00133 e. The molecule has 0 bridgehead atoms. The van der Waals surface area contributed by atoms with E-state index in [1.54, 1.807) is 0 Å². The molecule has 0 fully saturated rings. The molecule has 0 radical (unpaired) electrons. The van der Waals surface area contributed by atoms with Crippen LogP contribution in [0.3, 0.4) is 0 Å². The lowest BCUT2D eigenvalue weighted by Gasteiger charge is -2.04. The zero-order valence-corrected chi connectivity index (χ0v) is 15.4. The molecule has 0 nitrogen and oxygen atoms in total. The maximum absolute atomic E-state index is 3.73. The molecule has 0 aromatic carbocycles. The minimum atomic E-state index is 0.392. The third kappa shape index (κ3) is 31.6. The van der Waals surface area contributed by atoms with E-state index in [9.17, 15) is 0 Å². The van der Waals surface area contributed by atoms with Crippen molar-refractivity contribution in [1.82, 2.24) is 0 Å². The third-order valence-electron chi connectivity index (χ3n) is 1.60. The van der Waals surface area contributed by atoms with Crippen LogP contribution >= 0.6 is 0 Å². The number of allylic oxidation sites excluding steroid dienone is 6. The van der Waals surface area contributed by atoms with Crippen LogP contribution in [0.5, 0.6) is 0 Å². The van der Waals surface area contributed by atoms with Crippen molar-refractivity contribution >= 4 is 0 Å². The van der Waals surface area contributed by atoms with Gasteiger partial charge in [0.05, 0.1) is 0 Å². The molecule has 0 rings (SSSR count). The second kappa shape index (κ2) is 43.5. The molecule has 0 aliphatic carbocycles. The van der Waals surface area contributed by atoms with E-state index in [4.69, 9.17) is 0 Å². The van der Waals surface area contributed by atoms with E-state index < -0.39 is 0 Å². The van der Waals surface area contributed by atoms with Crippen molar-refractivity contribution in [2.24, 2.45) is 5.92 Å². The molecule has 0 saturated carbocycles. The number of rotatable bonds is 4. The lowest BCUT2D eigenvalue weighted by Crippen LogP contribution is -1.90. The zero-order chi connectivity index (χ0) is 16.7. The number of hydrogen-bond donors (Lipinski definition) is 0. The van der Waals surface area contributed by atoms with Crippen molar-refractivity contribution < 1.29 is 0 Å². The van der Waals surface area contributed by atoms with Crippen LogP contribution in [-0.4, -0.2) is 0 Å². The molecule has 0 spiro atoms. The van der Waals surface area contributed by atoms with Crippen LogP contribution in [0, 0.1) is 5.92 Å². The Labute approximate surface area is 125 Å². The summed E-state index contributed by atoms with van der Waals surface area (Å²) in [6.45, 7) is 27.6. The Morgan fingerprint density at radius 3 is 1.42 bits per heavy atom. The number of hydrogen-bond acceptors (Lipinski definition) is 0. The van der Waals surface area contributed by atoms with Gasteiger partial charge in [-0.25, -0.2) is 0 Å². The molecule has 0 saturated heterocycles. The maximum Gasteiger partial charge on any atom is -0.00133 e. The van der Waals surface area contributed by atoms with E-state index in [-0.39, 0.29) is 0 Å². The quantitative estimate of drug-likeness (QED) is 0.363. The van der Waals surface area contributed by atoms with Crippen LogP contribution in [0.1, 0.15) is 69.2 Å². The van der Waals surface area contributed by atoms with Gasteiger partial charge in [-0.15, -0.1) is 6.58 Å². The molecule has 0 aliphatic heterocycles. The summed E-state index contributed by atoms with van der Waals surface area (Å²) in [6, 6.07) is 0. The molecule has 0 aromatic heterocycles. The minimum Gasteiger partial charge on any atom is -0.102 e. The minimum absolute atomic E-state index is 0.392. The maximum atomic E-state index is 3.73. The first-order chi connectivity index (χ1) is 9.26. The van der Waals surface area contributed by atoms with Gasteiger partial charge in [0, 0.05) is 0 Å². The molecule has 0 heterocycles. The fourth-order valence-corrected chi connectivity index (χ4v) is 0.749. The Kier molecular flexibility index (Phi) is 70.5. The Hall–Kier alpha value is -1.04. The van der Waals surface area contributed by atoms with Crippen molar-refractivity contribution in [2.45, 2.75) is 69.2 Å². The summed E-state index contributed by atoms with van der Waals surface area (Å²) in [5.74, 6) is 0.392. The van der Waals surface area contributed by atoms with E-state index in [0.717, 1.165) is 0 Å². The second-order valence-electron chi connectivity index (χ2n) is 2.42. The molecule has 1 atom stereocenters. The molecule has 19 heavy (non-hydrogen) atoms. The highest BCUT2D eigenvalue weighted by molar-refractivity contribution is 5.26. The summed E-state index contributed by atoms with van der Waals surface area (Å²) in [7, 11) is 0. The molecular formula is C19H40. The van der Waals surface area contributed by atoms with Crippen molar-refractivity contribution in [2.75, 3.05) is 0 Å². The summed E-state index contributed by atoms with van der Waals surface area (Å²) in [5.41, 5.74) is 1.21. The predicted molar refractivity (Wildman–Crippen MR) is 97.8 cm³/mol. The molecule has 0 heteroatoms. The Bertz CT molecular complexity index is 182. The van der Waals surface area contributed by atoms with Gasteiger partial charge in [0.15, 0.2) is 0 Å². The molecule has 0 aromatic rings. The molecule has 1 unspecified atom stereocenters. The van der Waals surface area contributed by atoms with Gasteiger partial charge in [-0.05, 0) is 18.4 Å². The topological polar surface area (TPSA) is 0 Å². The van der Waals surface area contributed by atoms with Gasteiger partial charge < -0.3 is 0 Å². The molecule has 0 aliphatic rings. The highest BCUT2D eigenvalue weighted by Gasteiger charge is 1.97. The van der Waals surface area contributed by atoms with E-state index in [2.05, 4.69) is 26.2 Å². The third-order valence-corrected chi connectivity index (χ3v) is 1.60. The van der Waals surface area contributed by atoms with Gasteiger partial charge in [0.1, 0.15) is 0 Å². The first-order valence-corrected chi connectivity index (χ1v) is 7.84. The van der Waals surface area contributed by atoms with Gasteiger partial charge in [-0.2, -0.15) is 0 Å². The van der Waals surface area contributed by atoms with Crippen molar-refractivity contribution in [3.63, 3.8) is 0 Å². The van der Waals surface area contributed by atoms with Crippen LogP contribution < -0.4 is 0 Å². The average Bonchev–Trinajstić information content (AvgIpc) is 2.55. The fraction of sp³-hybridized carbons (Fsp3) is 0.579. The highest BCUT2D eigenvalue weighted by atomic mass is 14.0. The first-order valence-electron chi connectivity index (χ1n) is 7.84. The van der Waals surface area contributed by atoms with Gasteiger partial charge >= 0.3 is 0 Å². The Morgan fingerprint density at radius 1 is 0.842 bits per heavy atom. The van der Waals surface area contributed by atoms with Crippen LogP contribution in [0.15, 0.2) is 49.1 Å². The van der Waals surface area contributed by atoms with Crippen molar-refractivity contribution in [3.05, 3.63) is 49.1 Å². The van der Waals surface area contributed by atoms with Gasteiger partial charge in [0.2, 0.25) is 0 Å². The Morgan fingerprint density at radius 2 is 1.21 bits per heavy atom. The monoisotopic (exact) mass is 268 g/mol. The second-order valence-corrected chi connectivity index (χ2v) is 2.42. The van der Waals surface area contributed by atoms with Crippen LogP contribution in [0.4, 0.5) is 0 Å². The van der Waals surface area contributed by atoms with E-state index >= 15 is 0 Å². The van der Waals surface area contributed by atoms with E-state index in [1.165, 1.54) is 5.57 Å². The Balaban J connectivity index is -0.0000000693. The van der Waals surface area contributed by atoms with Gasteiger partial charge in [0.25, 0.3) is 0 Å². The van der Waals surface area contributed by atoms with Crippen molar-refractivity contribution in [1.29, 1.82) is 0 Å². The highest BCUT2D eigenvalue weighted by Crippen LogP contribution is 2.11. The largest absolute Gasteiger partial charge is 0.102 e. The average molecular weight is 269 g/mol. The summed E-state index contributed by atoms with van der Waals surface area (Å²) >= 11 is 0. The van der Waals surface area contributed by atoms with Gasteiger partial charge in [-0.3, -0.25) is 0 Å². The predicted octanol–water partition coefficient (Wildman–Crippen LogP) is 7.60. The normalized spacial score (nSPS) is 9.89. The standard InChI is InChI=1S/C11H16.4C2H6/c1-5-8-9-11(7-3)10(4)6-2;4*1-2/h5-10H,2-3H2,1,4H3;4*1-2H3/b8-5-,11-9-;;;;. The lowest BCUT2D eigenvalue weighted by molar-refractivity contribution is 0.895. The zero-order valence-electron chi connectivity index (χ0n) is 15.4. The fourth-order valence-electron chi connectivity index (χ4n) is 0.749. The SMILES string of the molecule is C=C/C(=C/C=C\C)C(C)C=C.CC.CC.CC.CC. The van der Waals surface area contributed by atoms with E-state index in [0.29, 0.717) is 5.92 Å². The van der Waals surface area contributed by atoms with Gasteiger partial charge in [-0.1, -0.05) is 99.3 Å². The van der Waals surface area contributed by atoms with Crippen LogP contribution in [0.25, 0.3) is 0 Å². The van der Waals surface area contributed by atoms with Crippen LogP contribution in [-0.2, 0) is 0 Å². The lowest BCUT2D eigenvalue weighted by atomic mass is 10.0. The molecule has 0 amide bonds. The molecule has 116 valence electrons. The first kappa shape index (κ1) is 30.8. The van der Waals surface area contributed by atoms with E-state index in [1.807, 2.05) is 86.6 Å². The summed E-state index contributed by atoms with van der Waals surface area (Å²) in [5, 5.41) is 0. The van der Waals surface area contributed by atoms with Crippen molar-refractivity contribution in [3.8, 4) is 0 Å².